The molecule has 0 radical (unpaired) electrons. The molecule has 1 aromatic carbocycles. The molecule has 0 spiro atoms. The molecular formula is C17H28BrNO. The second-order valence-electron chi connectivity index (χ2n) is 5.57. The van der Waals surface area contributed by atoms with Gasteiger partial charge in [-0.2, -0.15) is 0 Å². The summed E-state index contributed by atoms with van der Waals surface area (Å²) < 4.78 is 6.85. The van der Waals surface area contributed by atoms with Crippen LogP contribution in [-0.2, 0) is 4.74 Å². The maximum atomic E-state index is 5.72. The normalized spacial score (nSPS) is 12.8. The smallest absolute Gasteiger partial charge is 0.0472 e. The quantitative estimate of drug-likeness (QED) is 0.620. The number of halogens is 1. The molecule has 0 aromatic heterocycles. The Balaban J connectivity index is 2.49. The minimum atomic E-state index is 0.520. The van der Waals surface area contributed by atoms with Gasteiger partial charge >= 0.3 is 0 Å². The Morgan fingerprint density at radius 3 is 2.45 bits per heavy atom. The molecule has 3 heteroatoms. The molecule has 0 saturated carbocycles. The summed E-state index contributed by atoms with van der Waals surface area (Å²) in [5.74, 6) is 0.520. The summed E-state index contributed by atoms with van der Waals surface area (Å²) in [6, 6.07) is 9.19. The number of benzene rings is 1. The number of unbranched alkanes of at least 4 members (excludes halogenated alkanes) is 1. The van der Waals surface area contributed by atoms with Crippen molar-refractivity contribution in [3.05, 3.63) is 34.3 Å². The summed E-state index contributed by atoms with van der Waals surface area (Å²) in [7, 11) is 0. The molecule has 0 aliphatic carbocycles. The number of nitrogens with one attached hydrogen (secondary N) is 1. The van der Waals surface area contributed by atoms with Crippen LogP contribution in [0.4, 0.5) is 0 Å². The first-order valence-corrected chi connectivity index (χ1v) is 8.49. The molecule has 0 bridgehead atoms. The largest absolute Gasteiger partial charge is 0.381 e. The molecular weight excluding hydrogens is 314 g/mol. The Labute approximate surface area is 132 Å². The predicted molar refractivity (Wildman–Crippen MR) is 90.4 cm³/mol. The number of hydrogen-bond acceptors (Lipinski definition) is 2. The van der Waals surface area contributed by atoms with E-state index in [0.29, 0.717) is 12.0 Å². The first-order chi connectivity index (χ1) is 9.63. The Kier molecular flexibility index (Phi) is 9.16. The van der Waals surface area contributed by atoms with Crippen LogP contribution in [0.2, 0.25) is 0 Å². The van der Waals surface area contributed by atoms with Crippen LogP contribution in [0.5, 0.6) is 0 Å². The van der Waals surface area contributed by atoms with Crippen molar-refractivity contribution in [2.24, 2.45) is 0 Å². The predicted octanol–water partition coefficient (Wildman–Crippen LogP) is 4.74. The molecule has 0 aliphatic heterocycles. The summed E-state index contributed by atoms with van der Waals surface area (Å²) in [5.41, 5.74) is 1.39. The molecule has 1 aromatic rings. The Morgan fingerprint density at radius 2 is 1.85 bits per heavy atom. The van der Waals surface area contributed by atoms with Crippen molar-refractivity contribution in [2.45, 2.75) is 52.0 Å². The van der Waals surface area contributed by atoms with Gasteiger partial charge in [-0.3, -0.25) is 0 Å². The van der Waals surface area contributed by atoms with E-state index >= 15 is 0 Å². The van der Waals surface area contributed by atoms with Crippen molar-refractivity contribution < 1.29 is 4.74 Å². The van der Waals surface area contributed by atoms with Crippen molar-refractivity contribution >= 4 is 15.9 Å². The van der Waals surface area contributed by atoms with E-state index < -0.39 is 0 Å². The van der Waals surface area contributed by atoms with Crippen molar-refractivity contribution in [1.29, 1.82) is 0 Å². The minimum absolute atomic E-state index is 0.520. The standard InChI is InChI=1S/C17H28BrNO/c1-4-5-11-20-12-10-16(13-19-14(2)3)15-6-8-17(18)9-7-15/h6-9,14,16,19H,4-5,10-13H2,1-3H3. The van der Waals surface area contributed by atoms with E-state index in [1.54, 1.807) is 0 Å². The fourth-order valence-electron chi connectivity index (χ4n) is 2.07. The molecule has 1 unspecified atom stereocenters. The third-order valence-corrected chi connectivity index (χ3v) is 3.90. The van der Waals surface area contributed by atoms with Crippen molar-refractivity contribution in [1.82, 2.24) is 5.32 Å². The average molecular weight is 342 g/mol. The van der Waals surface area contributed by atoms with Gasteiger partial charge in [0.1, 0.15) is 0 Å². The van der Waals surface area contributed by atoms with Gasteiger partial charge in [0.25, 0.3) is 0 Å². The zero-order chi connectivity index (χ0) is 14.8. The van der Waals surface area contributed by atoms with E-state index in [4.69, 9.17) is 4.74 Å². The molecule has 0 fully saturated rings. The average Bonchev–Trinajstić information content (AvgIpc) is 2.43. The van der Waals surface area contributed by atoms with E-state index in [2.05, 4.69) is 66.3 Å². The monoisotopic (exact) mass is 341 g/mol. The van der Waals surface area contributed by atoms with Crippen LogP contribution in [0, 0.1) is 0 Å². The zero-order valence-electron chi connectivity index (χ0n) is 13.0. The van der Waals surface area contributed by atoms with Crippen molar-refractivity contribution in [3.63, 3.8) is 0 Å². The topological polar surface area (TPSA) is 21.3 Å². The maximum absolute atomic E-state index is 5.72. The van der Waals surface area contributed by atoms with E-state index in [-0.39, 0.29) is 0 Å². The molecule has 1 N–H and O–H groups in total. The molecule has 0 heterocycles. The Morgan fingerprint density at radius 1 is 1.15 bits per heavy atom. The molecule has 1 rings (SSSR count). The molecule has 1 atom stereocenters. The van der Waals surface area contributed by atoms with Gasteiger partial charge in [-0.1, -0.05) is 55.3 Å². The summed E-state index contributed by atoms with van der Waals surface area (Å²) in [6.07, 6.45) is 3.43. The SMILES string of the molecule is CCCCOCCC(CNC(C)C)c1ccc(Br)cc1. The second kappa shape index (κ2) is 10.4. The highest BCUT2D eigenvalue weighted by Crippen LogP contribution is 2.21. The summed E-state index contributed by atoms with van der Waals surface area (Å²) in [5, 5.41) is 3.54. The first kappa shape index (κ1) is 17.7. The van der Waals surface area contributed by atoms with Gasteiger partial charge < -0.3 is 10.1 Å². The van der Waals surface area contributed by atoms with Gasteiger partial charge in [0, 0.05) is 30.3 Å². The maximum Gasteiger partial charge on any atom is 0.0472 e. The number of rotatable bonds is 10. The van der Waals surface area contributed by atoms with E-state index in [1.807, 2.05) is 0 Å². The van der Waals surface area contributed by atoms with Crippen LogP contribution in [0.25, 0.3) is 0 Å². The van der Waals surface area contributed by atoms with Crippen molar-refractivity contribution in [3.8, 4) is 0 Å². The van der Waals surface area contributed by atoms with Gasteiger partial charge in [0.15, 0.2) is 0 Å². The Hall–Kier alpha value is -0.380. The lowest BCUT2D eigenvalue weighted by Gasteiger charge is -2.20. The molecule has 20 heavy (non-hydrogen) atoms. The van der Waals surface area contributed by atoms with Crippen LogP contribution in [0.3, 0.4) is 0 Å². The minimum Gasteiger partial charge on any atom is -0.381 e. The lowest BCUT2D eigenvalue weighted by Crippen LogP contribution is -2.28. The number of ether oxygens (including phenoxy) is 1. The van der Waals surface area contributed by atoms with Crippen LogP contribution < -0.4 is 5.32 Å². The third-order valence-electron chi connectivity index (χ3n) is 3.37. The van der Waals surface area contributed by atoms with Gasteiger partial charge in [-0.25, -0.2) is 0 Å². The van der Waals surface area contributed by atoms with E-state index in [9.17, 15) is 0 Å². The molecule has 0 saturated heterocycles. The van der Waals surface area contributed by atoms with Crippen molar-refractivity contribution in [2.75, 3.05) is 19.8 Å². The van der Waals surface area contributed by atoms with Gasteiger partial charge in [0.2, 0.25) is 0 Å². The van der Waals surface area contributed by atoms with Crippen LogP contribution in [0.1, 0.15) is 51.5 Å². The first-order valence-electron chi connectivity index (χ1n) is 7.70. The lowest BCUT2D eigenvalue weighted by molar-refractivity contribution is 0.123. The van der Waals surface area contributed by atoms with Gasteiger partial charge in [-0.05, 0) is 36.5 Å². The highest BCUT2D eigenvalue weighted by Gasteiger charge is 2.12. The van der Waals surface area contributed by atoms with Crippen LogP contribution in [-0.4, -0.2) is 25.8 Å². The highest BCUT2D eigenvalue weighted by atomic mass is 79.9. The summed E-state index contributed by atoms with van der Waals surface area (Å²) in [6.45, 7) is 9.32. The molecule has 114 valence electrons. The van der Waals surface area contributed by atoms with Gasteiger partial charge in [-0.15, -0.1) is 0 Å². The lowest BCUT2D eigenvalue weighted by atomic mass is 9.96. The van der Waals surface area contributed by atoms with Crippen LogP contribution >= 0.6 is 15.9 Å². The van der Waals surface area contributed by atoms with Crippen LogP contribution in [0.15, 0.2) is 28.7 Å². The zero-order valence-corrected chi connectivity index (χ0v) is 14.6. The van der Waals surface area contributed by atoms with Gasteiger partial charge in [0.05, 0.1) is 0 Å². The molecule has 0 aliphatic rings. The molecule has 2 nitrogen and oxygen atoms in total. The fraction of sp³-hybridized carbons (Fsp3) is 0.647. The third kappa shape index (κ3) is 7.41. The summed E-state index contributed by atoms with van der Waals surface area (Å²) >= 11 is 3.50. The fourth-order valence-corrected chi connectivity index (χ4v) is 2.34. The molecule has 0 amide bonds. The Bertz CT molecular complexity index is 351. The van der Waals surface area contributed by atoms with E-state index in [1.165, 1.54) is 12.0 Å². The second-order valence-corrected chi connectivity index (χ2v) is 6.48. The summed E-state index contributed by atoms with van der Waals surface area (Å²) in [4.78, 5) is 0. The highest BCUT2D eigenvalue weighted by molar-refractivity contribution is 9.10. The van der Waals surface area contributed by atoms with E-state index in [0.717, 1.165) is 37.1 Å². The number of hydrogen-bond donors (Lipinski definition) is 1.